The van der Waals surface area contributed by atoms with Gasteiger partial charge in [-0.1, -0.05) is 20.8 Å². The summed E-state index contributed by atoms with van der Waals surface area (Å²) >= 11 is 1.74. The molecule has 2 rings (SSSR count). The lowest BCUT2D eigenvalue weighted by Crippen LogP contribution is -2.11. The van der Waals surface area contributed by atoms with E-state index < -0.39 is 0 Å². The van der Waals surface area contributed by atoms with E-state index in [1.165, 1.54) is 10.7 Å². The van der Waals surface area contributed by atoms with Crippen LogP contribution in [0.15, 0.2) is 5.38 Å². The summed E-state index contributed by atoms with van der Waals surface area (Å²) in [4.78, 5) is 15.9. The summed E-state index contributed by atoms with van der Waals surface area (Å²) in [6.07, 6.45) is 3.60. The Morgan fingerprint density at radius 1 is 1.50 bits per heavy atom. The molecule has 3 heteroatoms. The van der Waals surface area contributed by atoms with Crippen molar-refractivity contribution in [3.63, 3.8) is 0 Å². The average Bonchev–Trinajstić information content (AvgIpc) is 2.74. The molecule has 1 aliphatic carbocycles. The average molecular weight is 237 g/mol. The summed E-state index contributed by atoms with van der Waals surface area (Å²) in [5.41, 5.74) is 1.32. The van der Waals surface area contributed by atoms with Gasteiger partial charge in [0.15, 0.2) is 0 Å². The van der Waals surface area contributed by atoms with Crippen LogP contribution >= 0.6 is 11.3 Å². The third-order valence-electron chi connectivity index (χ3n) is 3.13. The molecule has 0 N–H and O–H groups in total. The number of hydrogen-bond donors (Lipinski definition) is 0. The maximum atomic E-state index is 11.2. The van der Waals surface area contributed by atoms with Gasteiger partial charge in [-0.05, 0) is 12.3 Å². The molecule has 0 aromatic carbocycles. The Labute approximate surface area is 101 Å². The fourth-order valence-corrected chi connectivity index (χ4v) is 3.20. The second-order valence-corrected chi connectivity index (χ2v) is 6.67. The molecular formula is C13H19NOS. The number of carbonyl (C=O) groups is 1. The zero-order chi connectivity index (χ0) is 11.8. The molecule has 0 amide bonds. The van der Waals surface area contributed by atoms with Gasteiger partial charge in [-0.2, -0.15) is 0 Å². The van der Waals surface area contributed by atoms with E-state index in [1.807, 2.05) is 0 Å². The van der Waals surface area contributed by atoms with E-state index in [4.69, 9.17) is 0 Å². The molecule has 1 unspecified atom stereocenters. The van der Waals surface area contributed by atoms with Crippen molar-refractivity contribution in [3.8, 4) is 0 Å². The maximum Gasteiger partial charge on any atom is 0.133 e. The monoisotopic (exact) mass is 237 g/mol. The van der Waals surface area contributed by atoms with Gasteiger partial charge in [0.2, 0.25) is 0 Å². The molecule has 1 atom stereocenters. The van der Waals surface area contributed by atoms with Gasteiger partial charge in [0.05, 0.1) is 10.7 Å². The molecule has 1 aromatic heterocycles. The minimum atomic E-state index is 0.139. The predicted molar refractivity (Wildman–Crippen MR) is 66.9 cm³/mol. The highest BCUT2D eigenvalue weighted by atomic mass is 32.1. The second-order valence-electron chi connectivity index (χ2n) is 5.73. The summed E-state index contributed by atoms with van der Waals surface area (Å²) in [5, 5.41) is 3.36. The highest BCUT2D eigenvalue weighted by molar-refractivity contribution is 7.09. The van der Waals surface area contributed by atoms with E-state index >= 15 is 0 Å². The van der Waals surface area contributed by atoms with Gasteiger partial charge in [-0.25, -0.2) is 4.98 Å². The first-order valence-corrected chi connectivity index (χ1v) is 6.79. The number of Topliss-reactive ketones (excluding diaryl/α,β-unsaturated/α-hetero) is 1. The van der Waals surface area contributed by atoms with Crippen LogP contribution in [0, 0.1) is 5.92 Å². The summed E-state index contributed by atoms with van der Waals surface area (Å²) in [5.74, 6) is 0.976. The van der Waals surface area contributed by atoms with Crippen molar-refractivity contribution >= 4 is 17.1 Å². The van der Waals surface area contributed by atoms with Gasteiger partial charge < -0.3 is 0 Å². The van der Waals surface area contributed by atoms with E-state index in [0.717, 1.165) is 25.7 Å². The molecule has 0 saturated heterocycles. The van der Waals surface area contributed by atoms with Crippen molar-refractivity contribution in [1.82, 2.24) is 4.98 Å². The highest BCUT2D eigenvalue weighted by Gasteiger charge is 2.24. The van der Waals surface area contributed by atoms with Gasteiger partial charge in [0.1, 0.15) is 5.78 Å². The van der Waals surface area contributed by atoms with Crippen molar-refractivity contribution in [3.05, 3.63) is 16.1 Å². The van der Waals surface area contributed by atoms with Crippen LogP contribution in [-0.4, -0.2) is 10.8 Å². The second kappa shape index (κ2) is 4.28. The summed E-state index contributed by atoms with van der Waals surface area (Å²) in [7, 11) is 0. The Hall–Kier alpha value is -0.700. The summed E-state index contributed by atoms with van der Waals surface area (Å²) < 4.78 is 0. The van der Waals surface area contributed by atoms with Gasteiger partial charge in [0.25, 0.3) is 0 Å². The molecule has 16 heavy (non-hydrogen) atoms. The normalized spacial score (nSPS) is 21.7. The Balaban J connectivity index is 2.00. The third-order valence-corrected chi connectivity index (χ3v) is 4.00. The van der Waals surface area contributed by atoms with Crippen molar-refractivity contribution < 1.29 is 4.79 Å². The number of thiazole rings is 1. The minimum absolute atomic E-state index is 0.139. The number of rotatable bonds is 2. The van der Waals surface area contributed by atoms with Gasteiger partial charge in [-0.3, -0.25) is 4.79 Å². The molecule has 1 saturated carbocycles. The number of ketones is 1. The number of nitrogens with zero attached hydrogens (tertiary/aromatic N) is 1. The van der Waals surface area contributed by atoms with E-state index in [2.05, 4.69) is 31.1 Å². The Kier molecular flexibility index (Phi) is 3.15. The van der Waals surface area contributed by atoms with Crippen molar-refractivity contribution in [2.75, 3.05) is 0 Å². The third kappa shape index (κ3) is 2.70. The van der Waals surface area contributed by atoms with Crippen LogP contribution in [0.25, 0.3) is 0 Å². The Morgan fingerprint density at radius 3 is 2.75 bits per heavy atom. The Bertz CT molecular complexity index is 389. The van der Waals surface area contributed by atoms with E-state index in [9.17, 15) is 4.79 Å². The zero-order valence-electron chi connectivity index (χ0n) is 10.2. The van der Waals surface area contributed by atoms with Gasteiger partial charge >= 0.3 is 0 Å². The fourth-order valence-electron chi connectivity index (χ4n) is 2.06. The number of hydrogen-bond acceptors (Lipinski definition) is 3. The molecule has 1 aliphatic rings. The summed E-state index contributed by atoms with van der Waals surface area (Å²) in [6.45, 7) is 6.56. The van der Waals surface area contributed by atoms with Crippen molar-refractivity contribution in [2.45, 2.75) is 51.9 Å². The number of aromatic nitrogens is 1. The fraction of sp³-hybridized carbons (Fsp3) is 0.692. The topological polar surface area (TPSA) is 30.0 Å². The van der Waals surface area contributed by atoms with Gasteiger partial charge in [-0.15, -0.1) is 11.3 Å². The van der Waals surface area contributed by atoms with E-state index in [0.29, 0.717) is 11.7 Å². The molecule has 0 aliphatic heterocycles. The van der Waals surface area contributed by atoms with E-state index in [1.54, 1.807) is 11.3 Å². The van der Waals surface area contributed by atoms with Crippen LogP contribution in [0.1, 0.15) is 50.7 Å². The van der Waals surface area contributed by atoms with Crippen LogP contribution in [0.3, 0.4) is 0 Å². The summed E-state index contributed by atoms with van der Waals surface area (Å²) in [6, 6.07) is 0. The molecule has 1 heterocycles. The molecule has 0 radical (unpaired) electrons. The minimum Gasteiger partial charge on any atom is -0.300 e. The Morgan fingerprint density at radius 2 is 2.25 bits per heavy atom. The maximum absolute atomic E-state index is 11.2. The largest absolute Gasteiger partial charge is 0.300 e. The quantitative estimate of drug-likeness (QED) is 0.789. The van der Waals surface area contributed by atoms with E-state index in [-0.39, 0.29) is 5.41 Å². The van der Waals surface area contributed by atoms with Crippen LogP contribution in [0.5, 0.6) is 0 Å². The van der Waals surface area contributed by atoms with Gasteiger partial charge in [0, 0.05) is 30.1 Å². The molecule has 1 aromatic rings. The SMILES string of the molecule is CC(C)(C)c1csc(CC2CCC(=O)C2)n1. The van der Waals surface area contributed by atoms with Crippen LogP contribution < -0.4 is 0 Å². The van der Waals surface area contributed by atoms with Crippen LogP contribution in [-0.2, 0) is 16.6 Å². The standard InChI is InChI=1S/C13H19NOS/c1-13(2,3)11-8-16-12(14-11)7-9-4-5-10(15)6-9/h8-9H,4-7H2,1-3H3. The molecule has 0 spiro atoms. The van der Waals surface area contributed by atoms with Crippen molar-refractivity contribution in [1.29, 1.82) is 0 Å². The predicted octanol–water partition coefficient (Wildman–Crippen LogP) is 3.35. The molecule has 0 bridgehead atoms. The smallest absolute Gasteiger partial charge is 0.133 e. The molecule has 2 nitrogen and oxygen atoms in total. The lowest BCUT2D eigenvalue weighted by atomic mass is 9.93. The lowest BCUT2D eigenvalue weighted by molar-refractivity contribution is -0.117. The molecule has 1 fully saturated rings. The van der Waals surface area contributed by atoms with Crippen molar-refractivity contribution in [2.24, 2.45) is 5.92 Å². The molecular weight excluding hydrogens is 218 g/mol. The first-order chi connectivity index (χ1) is 7.45. The lowest BCUT2D eigenvalue weighted by Gasteiger charge is -2.14. The van der Waals surface area contributed by atoms with Crippen LogP contribution in [0.2, 0.25) is 0 Å². The number of carbonyl (C=O) groups excluding carboxylic acids is 1. The zero-order valence-corrected chi connectivity index (χ0v) is 11.1. The first kappa shape index (κ1) is 11.8. The van der Waals surface area contributed by atoms with Crippen LogP contribution in [0.4, 0.5) is 0 Å². The molecule has 88 valence electrons. The highest BCUT2D eigenvalue weighted by Crippen LogP contribution is 2.29. The first-order valence-electron chi connectivity index (χ1n) is 5.92.